The highest BCUT2D eigenvalue weighted by Crippen LogP contribution is 2.21. The lowest BCUT2D eigenvalue weighted by atomic mass is 10.1. The van der Waals surface area contributed by atoms with Gasteiger partial charge in [-0.2, -0.15) is 0 Å². The maximum Gasteiger partial charge on any atom is 0.261 e. The Morgan fingerprint density at radius 1 is 1.04 bits per heavy atom. The maximum absolute atomic E-state index is 13.6. The second kappa shape index (κ2) is 6.11. The molecule has 122 valence electrons. The van der Waals surface area contributed by atoms with Crippen molar-refractivity contribution in [2.24, 2.45) is 0 Å². The largest absolute Gasteiger partial charge is 0.322 e. The minimum atomic E-state index is -1.76. The number of nitrogens with zero attached hydrogens (tertiary/aromatic N) is 3. The van der Waals surface area contributed by atoms with Gasteiger partial charge < -0.3 is 5.32 Å². The van der Waals surface area contributed by atoms with E-state index in [1.54, 1.807) is 18.3 Å². The summed E-state index contributed by atoms with van der Waals surface area (Å²) in [5.41, 5.74) is -0.674. The fourth-order valence-corrected chi connectivity index (χ4v) is 2.04. The lowest BCUT2D eigenvalue weighted by molar-refractivity contribution is 0.101. The average Bonchev–Trinajstić information content (AvgIpc) is 3.08. The molecule has 5 nitrogen and oxygen atoms in total. The number of carbonyl (C=O) groups excluding carboxylic acids is 1. The molecule has 0 fully saturated rings. The van der Waals surface area contributed by atoms with Crippen molar-refractivity contribution in [3.63, 3.8) is 0 Å². The zero-order chi connectivity index (χ0) is 17.3. The van der Waals surface area contributed by atoms with Crippen LogP contribution in [0.4, 0.5) is 23.2 Å². The van der Waals surface area contributed by atoms with Crippen molar-refractivity contribution in [2.45, 2.75) is 0 Å². The van der Waals surface area contributed by atoms with Gasteiger partial charge in [0.1, 0.15) is 5.56 Å². The van der Waals surface area contributed by atoms with Crippen molar-refractivity contribution in [1.82, 2.24) is 15.0 Å². The molecule has 0 aliphatic heterocycles. The molecule has 3 aromatic rings. The Labute approximate surface area is 132 Å². The number of hydrogen-bond donors (Lipinski definition) is 1. The van der Waals surface area contributed by atoms with Crippen LogP contribution in [0.5, 0.6) is 0 Å². The summed E-state index contributed by atoms with van der Waals surface area (Å²) >= 11 is 0. The third-order valence-electron chi connectivity index (χ3n) is 3.13. The number of carbonyl (C=O) groups is 1. The van der Waals surface area contributed by atoms with Crippen molar-refractivity contribution in [1.29, 1.82) is 0 Å². The highest BCUT2D eigenvalue weighted by atomic mass is 19.2. The van der Waals surface area contributed by atoms with Gasteiger partial charge in [-0.15, -0.1) is 5.10 Å². The van der Waals surface area contributed by atoms with Crippen LogP contribution < -0.4 is 5.32 Å². The predicted molar refractivity (Wildman–Crippen MR) is 75.6 cm³/mol. The molecule has 0 saturated carbocycles. The molecule has 2 aromatic carbocycles. The van der Waals surface area contributed by atoms with Gasteiger partial charge in [0.25, 0.3) is 5.91 Å². The highest BCUT2D eigenvalue weighted by Gasteiger charge is 2.24. The van der Waals surface area contributed by atoms with Gasteiger partial charge in [-0.05, 0) is 18.2 Å². The number of rotatable bonds is 3. The van der Waals surface area contributed by atoms with Gasteiger partial charge in [0.05, 0.1) is 18.1 Å². The summed E-state index contributed by atoms with van der Waals surface area (Å²) in [4.78, 5) is 12.0. The van der Waals surface area contributed by atoms with E-state index >= 15 is 0 Å². The summed E-state index contributed by atoms with van der Waals surface area (Å²) in [7, 11) is 0. The third kappa shape index (κ3) is 2.83. The number of aromatic nitrogens is 3. The molecule has 1 N–H and O–H groups in total. The number of hydrogen-bond acceptors (Lipinski definition) is 3. The zero-order valence-electron chi connectivity index (χ0n) is 11.8. The van der Waals surface area contributed by atoms with E-state index in [1.165, 1.54) is 23.0 Å². The summed E-state index contributed by atoms with van der Waals surface area (Å²) in [6.45, 7) is 0. The van der Waals surface area contributed by atoms with Crippen molar-refractivity contribution in [2.75, 3.05) is 5.32 Å². The minimum absolute atomic E-state index is 0.0345. The Morgan fingerprint density at radius 2 is 1.75 bits per heavy atom. The van der Waals surface area contributed by atoms with Crippen LogP contribution in [-0.4, -0.2) is 20.9 Å². The molecule has 0 bridgehead atoms. The van der Waals surface area contributed by atoms with Crippen LogP contribution in [0.2, 0.25) is 0 Å². The summed E-state index contributed by atoms with van der Waals surface area (Å²) in [5, 5.41) is 9.56. The first-order valence-corrected chi connectivity index (χ1v) is 6.58. The van der Waals surface area contributed by atoms with Crippen molar-refractivity contribution in [3.05, 3.63) is 71.6 Å². The second-order valence-electron chi connectivity index (χ2n) is 4.70. The zero-order valence-corrected chi connectivity index (χ0v) is 11.8. The summed E-state index contributed by atoms with van der Waals surface area (Å²) in [6, 6.07) is 6.10. The van der Waals surface area contributed by atoms with Gasteiger partial charge in [0, 0.05) is 11.8 Å². The van der Waals surface area contributed by atoms with Crippen LogP contribution in [0.25, 0.3) is 5.69 Å². The first-order valence-electron chi connectivity index (χ1n) is 6.58. The van der Waals surface area contributed by atoms with Crippen molar-refractivity contribution in [3.8, 4) is 5.69 Å². The number of amides is 1. The molecule has 0 radical (unpaired) electrons. The number of halogens is 4. The van der Waals surface area contributed by atoms with Crippen LogP contribution in [0.3, 0.4) is 0 Å². The Morgan fingerprint density at radius 3 is 2.38 bits per heavy atom. The van der Waals surface area contributed by atoms with Gasteiger partial charge in [0.2, 0.25) is 0 Å². The SMILES string of the molecule is O=C(Nc1cccc(-n2ccnn2)c1)c1c(F)c(F)cc(F)c1F. The van der Waals surface area contributed by atoms with E-state index in [1.807, 2.05) is 0 Å². The fourth-order valence-electron chi connectivity index (χ4n) is 2.04. The Kier molecular flexibility index (Phi) is 3.98. The van der Waals surface area contributed by atoms with Crippen LogP contribution in [-0.2, 0) is 0 Å². The number of nitrogens with one attached hydrogen (secondary N) is 1. The highest BCUT2D eigenvalue weighted by molar-refractivity contribution is 6.04. The quantitative estimate of drug-likeness (QED) is 0.591. The topological polar surface area (TPSA) is 59.8 Å². The van der Waals surface area contributed by atoms with E-state index in [0.717, 1.165) is 0 Å². The van der Waals surface area contributed by atoms with E-state index in [4.69, 9.17) is 0 Å². The van der Waals surface area contributed by atoms with E-state index in [0.29, 0.717) is 5.69 Å². The van der Waals surface area contributed by atoms with Crippen molar-refractivity contribution >= 4 is 11.6 Å². The molecule has 0 aliphatic carbocycles. The van der Waals surface area contributed by atoms with Gasteiger partial charge in [-0.25, -0.2) is 22.2 Å². The third-order valence-corrected chi connectivity index (χ3v) is 3.13. The second-order valence-corrected chi connectivity index (χ2v) is 4.70. The van der Waals surface area contributed by atoms with Gasteiger partial charge in [0.15, 0.2) is 23.3 Å². The number of anilines is 1. The van der Waals surface area contributed by atoms with Crippen molar-refractivity contribution < 1.29 is 22.4 Å². The predicted octanol–water partition coefficient (Wildman–Crippen LogP) is 3.08. The molecule has 1 heterocycles. The van der Waals surface area contributed by atoms with Crippen LogP contribution in [0.15, 0.2) is 42.7 Å². The molecule has 0 spiro atoms. The van der Waals surface area contributed by atoms with Crippen LogP contribution >= 0.6 is 0 Å². The van der Waals surface area contributed by atoms with Gasteiger partial charge >= 0.3 is 0 Å². The fraction of sp³-hybridized carbons (Fsp3) is 0. The first-order chi connectivity index (χ1) is 11.5. The molecular weight excluding hydrogens is 328 g/mol. The van der Waals surface area contributed by atoms with E-state index in [-0.39, 0.29) is 11.8 Å². The summed E-state index contributed by atoms with van der Waals surface area (Å²) in [6.07, 6.45) is 2.98. The van der Waals surface area contributed by atoms with Gasteiger partial charge in [-0.3, -0.25) is 4.79 Å². The normalized spacial score (nSPS) is 10.7. The number of benzene rings is 2. The standard InChI is InChI=1S/C15H8F4N4O/c16-10-7-11(17)14(19)12(13(10)18)15(24)21-8-2-1-3-9(6-8)23-5-4-20-22-23/h1-7H,(H,21,24). The van der Waals surface area contributed by atoms with E-state index in [2.05, 4.69) is 15.6 Å². The Hall–Kier alpha value is -3.23. The molecule has 9 heteroatoms. The summed E-state index contributed by atoms with van der Waals surface area (Å²) < 4.78 is 55.0. The van der Waals surface area contributed by atoms with Crippen LogP contribution in [0.1, 0.15) is 10.4 Å². The lowest BCUT2D eigenvalue weighted by Crippen LogP contribution is -2.18. The smallest absolute Gasteiger partial charge is 0.261 e. The molecular formula is C15H8F4N4O. The van der Waals surface area contributed by atoms with Gasteiger partial charge in [-0.1, -0.05) is 11.3 Å². The molecule has 0 aliphatic rings. The molecule has 1 aromatic heterocycles. The molecule has 1 amide bonds. The first kappa shape index (κ1) is 15.7. The maximum atomic E-state index is 13.6. The van der Waals surface area contributed by atoms with Crippen LogP contribution in [0, 0.1) is 23.3 Å². The Bertz CT molecular complexity index is 886. The van der Waals surface area contributed by atoms with E-state index < -0.39 is 34.7 Å². The average molecular weight is 336 g/mol. The molecule has 24 heavy (non-hydrogen) atoms. The van der Waals surface area contributed by atoms with E-state index in [9.17, 15) is 22.4 Å². The Balaban J connectivity index is 1.93. The monoisotopic (exact) mass is 336 g/mol. The molecule has 0 saturated heterocycles. The lowest BCUT2D eigenvalue weighted by Gasteiger charge is -2.09. The minimum Gasteiger partial charge on any atom is -0.322 e. The molecule has 0 atom stereocenters. The summed E-state index contributed by atoms with van der Waals surface area (Å²) in [5.74, 6) is -8.16. The molecule has 0 unspecified atom stereocenters. The molecule has 3 rings (SSSR count).